The lowest BCUT2D eigenvalue weighted by atomic mass is 9.87. The number of benzene rings is 1. The molecule has 0 aromatic heterocycles. The summed E-state index contributed by atoms with van der Waals surface area (Å²) in [7, 11) is -1.66. The van der Waals surface area contributed by atoms with Gasteiger partial charge in [-0.1, -0.05) is 72.2 Å². The largest absolute Gasteiger partial charge is 0.497 e. The minimum atomic E-state index is -2.06. The van der Waals surface area contributed by atoms with Crippen LogP contribution < -0.4 is 4.74 Å². The third kappa shape index (κ3) is 7.31. The van der Waals surface area contributed by atoms with Crippen molar-refractivity contribution in [2.75, 3.05) is 13.7 Å². The Balaban J connectivity index is 2.30. The van der Waals surface area contributed by atoms with Crippen LogP contribution in [0.1, 0.15) is 65.9 Å². The lowest BCUT2D eigenvalue weighted by molar-refractivity contribution is -0.134. The van der Waals surface area contributed by atoms with E-state index in [-0.39, 0.29) is 23.1 Å². The summed E-state index contributed by atoms with van der Waals surface area (Å²) in [6, 6.07) is 7.96. The Labute approximate surface area is 217 Å². The van der Waals surface area contributed by atoms with Crippen LogP contribution in [-0.2, 0) is 20.6 Å². The topological polar surface area (TPSA) is 48.0 Å². The van der Waals surface area contributed by atoms with Crippen LogP contribution >= 0.6 is 0 Å². The van der Waals surface area contributed by atoms with Crippen LogP contribution in [-0.4, -0.2) is 53.6 Å². The van der Waals surface area contributed by atoms with Crippen LogP contribution in [0.25, 0.3) is 0 Å². The molecule has 1 aromatic rings. The van der Waals surface area contributed by atoms with Gasteiger partial charge >= 0.3 is 0 Å². The van der Waals surface area contributed by atoms with Crippen LogP contribution in [0.2, 0.25) is 31.2 Å². The number of nitrogens with zero attached hydrogens (tertiary/aromatic N) is 1. The molecule has 2 atom stereocenters. The van der Waals surface area contributed by atoms with Gasteiger partial charge in [-0.3, -0.25) is 4.79 Å². The number of carbonyl (C=O) groups is 1. The fraction of sp³-hybridized carbons (Fsp3) is 0.679. The molecule has 0 bridgehead atoms. The van der Waals surface area contributed by atoms with E-state index in [4.69, 9.17) is 13.9 Å². The lowest BCUT2D eigenvalue weighted by Crippen LogP contribution is -2.72. The minimum absolute atomic E-state index is 0.0414. The summed E-state index contributed by atoms with van der Waals surface area (Å²) in [6.07, 6.45) is 4.60. The number of methoxy groups -OCH3 is 1. The highest BCUT2D eigenvalue weighted by Crippen LogP contribution is 2.47. The average molecular weight is 520 g/mol. The van der Waals surface area contributed by atoms with Crippen molar-refractivity contribution in [2.24, 2.45) is 0 Å². The van der Waals surface area contributed by atoms with Gasteiger partial charge in [0.2, 0.25) is 5.91 Å². The molecule has 0 radical (unpaired) electrons. The van der Waals surface area contributed by atoms with E-state index in [2.05, 4.69) is 65.4 Å². The quantitative estimate of drug-likeness (QED) is 0.126. The first-order valence-electron chi connectivity index (χ1n) is 13.2. The maximum atomic E-state index is 13.7. The van der Waals surface area contributed by atoms with Gasteiger partial charge in [0.05, 0.1) is 32.5 Å². The predicted molar refractivity (Wildman–Crippen MR) is 151 cm³/mol. The van der Waals surface area contributed by atoms with Crippen LogP contribution in [0.15, 0.2) is 35.4 Å². The monoisotopic (exact) mass is 519 g/mol. The molecule has 0 aliphatic carbocycles. The maximum Gasteiger partial charge on any atom is 0.244 e. The number of amides is 1. The molecule has 1 unspecified atom stereocenters. The Hall–Kier alpha value is -1.42. The Bertz CT molecular complexity index is 859. The van der Waals surface area contributed by atoms with E-state index in [1.165, 1.54) is 12.8 Å². The van der Waals surface area contributed by atoms with Gasteiger partial charge in [0.25, 0.3) is 0 Å². The number of rotatable bonds is 13. The van der Waals surface area contributed by atoms with Gasteiger partial charge in [-0.15, -0.1) is 0 Å². The Morgan fingerprint density at radius 3 is 2.29 bits per heavy atom. The summed E-state index contributed by atoms with van der Waals surface area (Å²) in [6.45, 7) is 21.2. The molecule has 0 saturated carbocycles. The normalized spacial score (nSPS) is 19.1. The molecule has 1 aromatic carbocycles. The predicted octanol–water partition coefficient (Wildman–Crippen LogP) is 6.69. The first kappa shape index (κ1) is 29.8. The SMILES string of the molecule is CCCCCC(O[SiH](C)C)[C@H]1/C(=C(/C)COCc2ccc(OC)cc2)C(=O)N1[Si](C)(C)C(C)(C)C. The Kier molecular flexibility index (Phi) is 10.8. The van der Waals surface area contributed by atoms with Gasteiger partial charge in [0.1, 0.15) is 5.75 Å². The summed E-state index contributed by atoms with van der Waals surface area (Å²) < 4.78 is 20.2. The van der Waals surface area contributed by atoms with E-state index in [1.54, 1.807) is 7.11 Å². The zero-order valence-corrected chi connectivity index (χ0v) is 26.0. The number of hydrogen-bond donors (Lipinski definition) is 0. The standard InChI is InChI=1S/C28H49NO4Si2/c1-11-12-13-14-24(33-34(7)8)26-25(27(30)29(26)35(9,10)28(3,4)5)21(2)19-32-20-22-15-17-23(31-6)18-16-22/h15-18,24,26,34H,11-14,19-20H2,1-10H3/b25-21+/t24?,26-/m0/s1. The van der Waals surface area contributed by atoms with E-state index in [1.807, 2.05) is 24.3 Å². The van der Waals surface area contributed by atoms with E-state index in [9.17, 15) is 4.79 Å². The molecule has 35 heavy (non-hydrogen) atoms. The van der Waals surface area contributed by atoms with E-state index in [0.717, 1.165) is 35.3 Å². The number of unbranched alkanes of at least 4 members (excludes halogenated alkanes) is 2. The number of ether oxygens (including phenoxy) is 2. The van der Waals surface area contributed by atoms with Gasteiger partial charge in [-0.2, -0.15) is 0 Å². The van der Waals surface area contributed by atoms with Gasteiger partial charge in [0, 0.05) is 5.57 Å². The molecule has 198 valence electrons. The van der Waals surface area contributed by atoms with E-state index in [0.29, 0.717) is 13.2 Å². The zero-order chi connectivity index (χ0) is 26.4. The van der Waals surface area contributed by atoms with Crippen LogP contribution in [0.5, 0.6) is 5.75 Å². The van der Waals surface area contributed by atoms with Gasteiger partial charge in [-0.25, -0.2) is 0 Å². The van der Waals surface area contributed by atoms with E-state index < -0.39 is 17.3 Å². The highest BCUT2D eigenvalue weighted by atomic mass is 28.3. The lowest BCUT2D eigenvalue weighted by Gasteiger charge is -2.58. The fourth-order valence-electron chi connectivity index (χ4n) is 4.56. The highest BCUT2D eigenvalue weighted by molar-refractivity contribution is 6.80. The summed E-state index contributed by atoms with van der Waals surface area (Å²) in [5, 5.41) is 0.0778. The Morgan fingerprint density at radius 2 is 1.77 bits per heavy atom. The van der Waals surface area contributed by atoms with Crippen LogP contribution in [0, 0.1) is 0 Å². The molecule has 1 aliphatic rings. The molecule has 1 aliphatic heterocycles. The molecular formula is C28H49NO4Si2. The molecule has 0 N–H and O–H groups in total. The third-order valence-electron chi connectivity index (χ3n) is 7.56. The summed E-state index contributed by atoms with van der Waals surface area (Å²) in [5.74, 6) is 1.03. The smallest absolute Gasteiger partial charge is 0.244 e. The van der Waals surface area contributed by atoms with Crippen molar-refractivity contribution in [3.8, 4) is 5.75 Å². The van der Waals surface area contributed by atoms with Gasteiger partial charge in [0.15, 0.2) is 17.3 Å². The molecule has 1 amide bonds. The Morgan fingerprint density at radius 1 is 1.14 bits per heavy atom. The summed E-state index contributed by atoms with van der Waals surface area (Å²) in [4.78, 5) is 13.7. The van der Waals surface area contributed by atoms with Crippen LogP contribution in [0.3, 0.4) is 0 Å². The van der Waals surface area contributed by atoms with Crippen LogP contribution in [0.4, 0.5) is 0 Å². The van der Waals surface area contributed by atoms with Crippen molar-refractivity contribution in [1.29, 1.82) is 0 Å². The van der Waals surface area contributed by atoms with Crippen molar-refractivity contribution in [3.05, 3.63) is 41.0 Å². The fourth-order valence-corrected chi connectivity index (χ4v) is 7.89. The zero-order valence-electron chi connectivity index (χ0n) is 23.9. The second-order valence-electron chi connectivity index (χ2n) is 11.7. The number of β-lactam (4-membered cyclic amide) rings is 1. The molecule has 7 heteroatoms. The average Bonchev–Trinajstić information content (AvgIpc) is 2.76. The second-order valence-corrected chi connectivity index (χ2v) is 19.2. The second kappa shape index (κ2) is 12.7. The summed E-state index contributed by atoms with van der Waals surface area (Å²) >= 11 is 0. The summed E-state index contributed by atoms with van der Waals surface area (Å²) in [5.41, 5.74) is 3.06. The van der Waals surface area contributed by atoms with E-state index >= 15 is 0 Å². The highest BCUT2D eigenvalue weighted by Gasteiger charge is 2.57. The molecule has 1 heterocycles. The molecule has 5 nitrogen and oxygen atoms in total. The minimum Gasteiger partial charge on any atom is -0.497 e. The molecule has 1 fully saturated rings. The molecule has 1 saturated heterocycles. The first-order valence-corrected chi connectivity index (χ1v) is 19.0. The van der Waals surface area contributed by atoms with Crippen molar-refractivity contribution in [3.63, 3.8) is 0 Å². The van der Waals surface area contributed by atoms with Gasteiger partial charge < -0.3 is 18.5 Å². The third-order valence-corrected chi connectivity index (χ3v) is 13.8. The maximum absolute atomic E-state index is 13.7. The molecule has 2 rings (SSSR count). The van der Waals surface area contributed by atoms with Crippen molar-refractivity contribution in [1.82, 2.24) is 4.57 Å². The first-order chi connectivity index (χ1) is 16.3. The van der Waals surface area contributed by atoms with Crippen molar-refractivity contribution < 1.29 is 18.7 Å². The van der Waals surface area contributed by atoms with Gasteiger partial charge in [-0.05, 0) is 54.7 Å². The van der Waals surface area contributed by atoms with Crippen molar-refractivity contribution in [2.45, 2.75) is 110 Å². The van der Waals surface area contributed by atoms with Crippen molar-refractivity contribution >= 4 is 23.2 Å². The molecular weight excluding hydrogens is 470 g/mol. The molecule has 0 spiro atoms. The number of carbonyl (C=O) groups excluding carboxylic acids is 1. The number of hydrogen-bond acceptors (Lipinski definition) is 4.